The summed E-state index contributed by atoms with van der Waals surface area (Å²) in [7, 11) is 1.82. The van der Waals surface area contributed by atoms with Crippen molar-refractivity contribution in [3.05, 3.63) is 28.4 Å². The molecular weight excluding hydrogens is 270 g/mol. The number of carbonyl (C=O) groups is 1. The molecule has 9 heteroatoms. The molecule has 0 aliphatic rings. The van der Waals surface area contributed by atoms with Gasteiger partial charge in [-0.05, 0) is 12.0 Å². The molecule has 0 atom stereocenters. The number of hydrogen-bond donors (Lipinski definition) is 2. The predicted molar refractivity (Wildman–Crippen MR) is 68.1 cm³/mol. The van der Waals surface area contributed by atoms with Gasteiger partial charge in [0.2, 0.25) is 0 Å². The highest BCUT2D eigenvalue weighted by atomic mass is 32.2. The molecule has 0 radical (unpaired) electrons. The lowest BCUT2D eigenvalue weighted by molar-refractivity contribution is -0.133. The summed E-state index contributed by atoms with van der Waals surface area (Å²) >= 11 is 1.02. The van der Waals surface area contributed by atoms with Gasteiger partial charge in [0.25, 0.3) is 0 Å². The molecule has 2 rings (SSSR count). The molecule has 0 aromatic carbocycles. The van der Waals surface area contributed by atoms with Gasteiger partial charge in [0.1, 0.15) is 0 Å². The number of aromatic amines is 1. The van der Waals surface area contributed by atoms with Gasteiger partial charge in [0.15, 0.2) is 5.16 Å². The molecule has 0 aliphatic heterocycles. The molecule has 0 fully saturated rings. The second-order valence-electron chi connectivity index (χ2n) is 3.92. The Morgan fingerprint density at radius 2 is 2.37 bits per heavy atom. The normalized spacial score (nSPS) is 10.8. The zero-order valence-corrected chi connectivity index (χ0v) is 11.1. The van der Waals surface area contributed by atoms with Crippen molar-refractivity contribution in [2.75, 3.05) is 5.75 Å². The fourth-order valence-corrected chi connectivity index (χ4v) is 2.27. The van der Waals surface area contributed by atoms with E-state index >= 15 is 0 Å². The van der Waals surface area contributed by atoms with Crippen LogP contribution in [0, 0.1) is 0 Å². The van der Waals surface area contributed by atoms with Crippen molar-refractivity contribution in [2.24, 2.45) is 7.05 Å². The second-order valence-corrected chi connectivity index (χ2v) is 4.86. The van der Waals surface area contributed by atoms with Gasteiger partial charge in [0.05, 0.1) is 11.9 Å². The molecule has 2 heterocycles. The summed E-state index contributed by atoms with van der Waals surface area (Å²) in [5.74, 6) is -1.07. The first-order chi connectivity index (χ1) is 9.06. The lowest BCUT2D eigenvalue weighted by atomic mass is 10.2. The number of aliphatic carboxylic acids is 1. The van der Waals surface area contributed by atoms with Crippen LogP contribution in [0.5, 0.6) is 0 Å². The predicted octanol–water partition coefficient (Wildman–Crippen LogP) is -0.276. The lowest BCUT2D eigenvalue weighted by Gasteiger charge is -2.02. The molecule has 8 nitrogen and oxygen atoms in total. The Morgan fingerprint density at radius 1 is 1.58 bits per heavy atom. The van der Waals surface area contributed by atoms with Crippen LogP contribution < -0.4 is 5.69 Å². The minimum atomic E-state index is -0.945. The number of aromatic nitrogens is 5. The van der Waals surface area contributed by atoms with E-state index in [2.05, 4.69) is 15.3 Å². The smallest absolute Gasteiger partial charge is 0.343 e. The second kappa shape index (κ2) is 5.74. The van der Waals surface area contributed by atoms with Crippen LogP contribution >= 0.6 is 11.8 Å². The molecule has 2 aromatic heterocycles. The molecule has 0 aliphatic carbocycles. The van der Waals surface area contributed by atoms with E-state index < -0.39 is 5.97 Å². The van der Waals surface area contributed by atoms with Crippen molar-refractivity contribution in [1.82, 2.24) is 24.5 Å². The fourth-order valence-electron chi connectivity index (χ4n) is 1.58. The van der Waals surface area contributed by atoms with E-state index in [1.807, 2.05) is 13.2 Å². The summed E-state index contributed by atoms with van der Waals surface area (Å²) in [6.45, 7) is 0.434. The molecule has 0 bridgehead atoms. The Balaban J connectivity index is 2.04. The fraction of sp³-hybridized carbons (Fsp3) is 0.400. The van der Waals surface area contributed by atoms with Gasteiger partial charge in [-0.25, -0.2) is 9.89 Å². The van der Waals surface area contributed by atoms with Gasteiger partial charge in [-0.15, -0.1) is 5.10 Å². The maximum Gasteiger partial charge on any atom is 0.343 e. The maximum absolute atomic E-state index is 11.6. The van der Waals surface area contributed by atoms with Crippen LogP contribution in [0.1, 0.15) is 5.56 Å². The number of H-pyrrole nitrogens is 1. The highest BCUT2D eigenvalue weighted by Crippen LogP contribution is 2.13. The Morgan fingerprint density at radius 3 is 3.00 bits per heavy atom. The Hall–Kier alpha value is -2.03. The molecule has 102 valence electrons. The summed E-state index contributed by atoms with van der Waals surface area (Å²) in [5, 5.41) is 19.2. The number of aryl methyl sites for hydroxylation is 2. The van der Waals surface area contributed by atoms with Crippen LogP contribution in [0.3, 0.4) is 0 Å². The number of thioether (sulfide) groups is 1. The SMILES string of the molecule is Cn1cc(CCn2c(SCC(=O)O)n[nH]c2=O)cn1. The average Bonchev–Trinajstić information content (AvgIpc) is 2.91. The maximum atomic E-state index is 11.6. The molecule has 0 saturated carbocycles. The average molecular weight is 283 g/mol. The van der Waals surface area contributed by atoms with E-state index in [-0.39, 0.29) is 11.4 Å². The lowest BCUT2D eigenvalue weighted by Crippen LogP contribution is -2.19. The molecule has 0 amide bonds. The standard InChI is InChI=1S/C10H13N5O3S/c1-14-5-7(4-11-14)2-3-15-9(18)12-13-10(15)19-6-8(16)17/h4-5H,2-3,6H2,1H3,(H,12,18)(H,16,17). The highest BCUT2D eigenvalue weighted by Gasteiger charge is 2.11. The van der Waals surface area contributed by atoms with Crippen molar-refractivity contribution in [1.29, 1.82) is 0 Å². The van der Waals surface area contributed by atoms with Crippen molar-refractivity contribution < 1.29 is 9.90 Å². The van der Waals surface area contributed by atoms with E-state index in [1.165, 1.54) is 4.57 Å². The Labute approximate surface area is 112 Å². The van der Waals surface area contributed by atoms with E-state index in [0.717, 1.165) is 17.3 Å². The Bertz CT molecular complexity index is 629. The van der Waals surface area contributed by atoms with Gasteiger partial charge in [-0.1, -0.05) is 11.8 Å². The quantitative estimate of drug-likeness (QED) is 0.707. The molecule has 19 heavy (non-hydrogen) atoms. The van der Waals surface area contributed by atoms with Gasteiger partial charge in [-0.2, -0.15) is 5.10 Å². The first-order valence-corrected chi connectivity index (χ1v) is 6.52. The van der Waals surface area contributed by atoms with Gasteiger partial charge < -0.3 is 5.11 Å². The van der Waals surface area contributed by atoms with E-state index in [0.29, 0.717) is 18.1 Å². The van der Waals surface area contributed by atoms with Gasteiger partial charge in [-0.3, -0.25) is 14.0 Å². The number of nitrogens with zero attached hydrogens (tertiary/aromatic N) is 4. The minimum absolute atomic E-state index is 0.128. The number of carboxylic acids is 1. The molecule has 0 saturated heterocycles. The number of nitrogens with one attached hydrogen (secondary N) is 1. The van der Waals surface area contributed by atoms with Crippen LogP contribution in [0.25, 0.3) is 0 Å². The third kappa shape index (κ3) is 3.47. The highest BCUT2D eigenvalue weighted by molar-refractivity contribution is 7.99. The number of hydrogen-bond acceptors (Lipinski definition) is 5. The number of rotatable bonds is 6. The van der Waals surface area contributed by atoms with Crippen molar-refractivity contribution in [3.63, 3.8) is 0 Å². The van der Waals surface area contributed by atoms with Gasteiger partial charge in [0, 0.05) is 19.8 Å². The topological polar surface area (TPSA) is 106 Å². The third-order valence-electron chi connectivity index (χ3n) is 2.43. The first-order valence-electron chi connectivity index (χ1n) is 5.53. The summed E-state index contributed by atoms with van der Waals surface area (Å²) in [6.07, 6.45) is 4.23. The zero-order chi connectivity index (χ0) is 13.8. The van der Waals surface area contributed by atoms with Crippen molar-refractivity contribution in [3.8, 4) is 0 Å². The molecular formula is C10H13N5O3S. The number of carboxylic acid groups (broad SMARTS) is 1. The first kappa shape index (κ1) is 13.4. The summed E-state index contributed by atoms with van der Waals surface area (Å²) < 4.78 is 3.12. The molecule has 2 N–H and O–H groups in total. The monoisotopic (exact) mass is 283 g/mol. The van der Waals surface area contributed by atoms with Crippen LogP contribution in [0.15, 0.2) is 22.3 Å². The molecule has 0 unspecified atom stereocenters. The summed E-state index contributed by atoms with van der Waals surface area (Å²) in [5.41, 5.74) is 0.668. The van der Waals surface area contributed by atoms with Crippen LogP contribution in [-0.2, 0) is 24.8 Å². The largest absolute Gasteiger partial charge is 0.481 e. The molecule has 2 aromatic rings. The Kier molecular flexibility index (Phi) is 4.05. The third-order valence-corrected chi connectivity index (χ3v) is 3.39. The van der Waals surface area contributed by atoms with Crippen LogP contribution in [0.4, 0.5) is 0 Å². The minimum Gasteiger partial charge on any atom is -0.481 e. The van der Waals surface area contributed by atoms with Gasteiger partial charge >= 0.3 is 11.7 Å². The van der Waals surface area contributed by atoms with Crippen LogP contribution in [0.2, 0.25) is 0 Å². The van der Waals surface area contributed by atoms with Crippen molar-refractivity contribution in [2.45, 2.75) is 18.1 Å². The molecule has 0 spiro atoms. The summed E-state index contributed by atoms with van der Waals surface area (Å²) in [4.78, 5) is 22.1. The zero-order valence-electron chi connectivity index (χ0n) is 10.2. The van der Waals surface area contributed by atoms with E-state index in [1.54, 1.807) is 10.9 Å². The van der Waals surface area contributed by atoms with E-state index in [9.17, 15) is 9.59 Å². The summed E-state index contributed by atoms with van der Waals surface area (Å²) in [6, 6.07) is 0. The van der Waals surface area contributed by atoms with E-state index in [4.69, 9.17) is 5.11 Å². The van der Waals surface area contributed by atoms with Crippen molar-refractivity contribution >= 4 is 17.7 Å². The van der Waals surface area contributed by atoms with Crippen LogP contribution in [-0.4, -0.2) is 41.4 Å².